The van der Waals surface area contributed by atoms with Crippen LogP contribution in [0.4, 0.5) is 0 Å². The van der Waals surface area contributed by atoms with E-state index >= 15 is 0 Å². The third kappa shape index (κ3) is 6.71. The lowest BCUT2D eigenvalue weighted by atomic mass is 10.2. The molecule has 4 nitrogen and oxygen atoms in total. The molecule has 0 rings (SSSR count). The molecule has 0 aliphatic heterocycles. The van der Waals surface area contributed by atoms with E-state index in [1.54, 1.807) is 0 Å². The fourth-order valence-electron chi connectivity index (χ4n) is 1.34. The van der Waals surface area contributed by atoms with Gasteiger partial charge in [0.2, 0.25) is 0 Å². The van der Waals surface area contributed by atoms with E-state index in [1.165, 1.54) is 19.3 Å². The summed E-state index contributed by atoms with van der Waals surface area (Å²) >= 11 is 0. The van der Waals surface area contributed by atoms with Crippen LogP contribution in [0.2, 0.25) is 0 Å². The minimum Gasteiger partial charge on any atom is -0.409 e. The van der Waals surface area contributed by atoms with E-state index in [4.69, 9.17) is 10.9 Å². The average Bonchev–Trinajstić information content (AvgIpc) is 2.22. The molecular weight excluding hydrogens is 178 g/mol. The summed E-state index contributed by atoms with van der Waals surface area (Å²) in [5.74, 6) is 0.318. The van der Waals surface area contributed by atoms with Gasteiger partial charge in [-0.3, -0.25) is 0 Å². The monoisotopic (exact) mass is 201 g/mol. The average molecular weight is 201 g/mol. The van der Waals surface area contributed by atoms with Crippen molar-refractivity contribution in [2.45, 2.75) is 39.5 Å². The highest BCUT2D eigenvalue weighted by Gasteiger charge is 2.02. The zero-order valence-electron chi connectivity index (χ0n) is 9.37. The molecular formula is C10H23N3O. The van der Waals surface area contributed by atoms with Gasteiger partial charge in [0.1, 0.15) is 5.84 Å². The van der Waals surface area contributed by atoms with Crippen LogP contribution in [0.1, 0.15) is 39.5 Å². The maximum Gasteiger partial charge on any atom is 0.140 e. The van der Waals surface area contributed by atoms with Gasteiger partial charge in [-0.2, -0.15) is 0 Å². The largest absolute Gasteiger partial charge is 0.409 e. The van der Waals surface area contributed by atoms with Gasteiger partial charge in [-0.25, -0.2) is 0 Å². The highest BCUT2D eigenvalue weighted by Crippen LogP contribution is 1.99. The molecule has 0 amide bonds. The van der Waals surface area contributed by atoms with Crippen molar-refractivity contribution in [1.29, 1.82) is 0 Å². The topological polar surface area (TPSA) is 61.8 Å². The summed E-state index contributed by atoms with van der Waals surface area (Å²) in [5, 5.41) is 11.3. The smallest absolute Gasteiger partial charge is 0.140 e. The Morgan fingerprint density at radius 1 is 1.29 bits per heavy atom. The molecule has 0 aliphatic carbocycles. The number of oxime groups is 1. The van der Waals surface area contributed by atoms with Gasteiger partial charge in [0.15, 0.2) is 0 Å². The van der Waals surface area contributed by atoms with Crippen LogP contribution in [0.3, 0.4) is 0 Å². The van der Waals surface area contributed by atoms with Crippen LogP contribution in [0.15, 0.2) is 5.16 Å². The normalized spacial score (nSPS) is 12.4. The second kappa shape index (κ2) is 8.81. The van der Waals surface area contributed by atoms with Crippen molar-refractivity contribution in [3.05, 3.63) is 0 Å². The molecule has 0 heterocycles. The summed E-state index contributed by atoms with van der Waals surface area (Å²) in [6, 6.07) is 0. The fourth-order valence-corrected chi connectivity index (χ4v) is 1.34. The Hall–Kier alpha value is -0.770. The Kier molecular flexibility index (Phi) is 8.33. The SMILES string of the molecule is CCCCCN(CC)CCC(N)=NO. The predicted molar refractivity (Wildman–Crippen MR) is 59.7 cm³/mol. The Morgan fingerprint density at radius 3 is 2.50 bits per heavy atom. The second-order valence-corrected chi connectivity index (χ2v) is 3.48. The first-order valence-electron chi connectivity index (χ1n) is 5.43. The zero-order chi connectivity index (χ0) is 10.8. The standard InChI is InChI=1S/C10H23N3O/c1-3-5-6-8-13(4-2)9-7-10(11)12-14/h14H,3-9H2,1-2H3,(H2,11,12). The lowest BCUT2D eigenvalue weighted by molar-refractivity contribution is 0.284. The quantitative estimate of drug-likeness (QED) is 0.206. The van der Waals surface area contributed by atoms with E-state index in [0.717, 1.165) is 19.6 Å². The van der Waals surface area contributed by atoms with Crippen molar-refractivity contribution >= 4 is 5.84 Å². The van der Waals surface area contributed by atoms with Crippen LogP contribution in [-0.4, -0.2) is 35.6 Å². The predicted octanol–water partition coefficient (Wildman–Crippen LogP) is 1.63. The molecule has 0 aromatic carbocycles. The van der Waals surface area contributed by atoms with Crippen molar-refractivity contribution < 1.29 is 5.21 Å². The summed E-state index contributed by atoms with van der Waals surface area (Å²) < 4.78 is 0. The summed E-state index contributed by atoms with van der Waals surface area (Å²) in [6.45, 7) is 7.37. The van der Waals surface area contributed by atoms with E-state index < -0.39 is 0 Å². The zero-order valence-corrected chi connectivity index (χ0v) is 9.37. The number of nitrogens with zero attached hydrogens (tertiary/aromatic N) is 2. The van der Waals surface area contributed by atoms with Gasteiger partial charge >= 0.3 is 0 Å². The van der Waals surface area contributed by atoms with E-state index in [9.17, 15) is 0 Å². The highest BCUT2D eigenvalue weighted by atomic mass is 16.4. The third-order valence-corrected chi connectivity index (χ3v) is 2.34. The van der Waals surface area contributed by atoms with Gasteiger partial charge in [-0.15, -0.1) is 0 Å². The first kappa shape index (κ1) is 13.2. The van der Waals surface area contributed by atoms with Crippen LogP contribution in [0.25, 0.3) is 0 Å². The fraction of sp³-hybridized carbons (Fsp3) is 0.900. The molecule has 0 unspecified atom stereocenters. The van der Waals surface area contributed by atoms with Gasteiger partial charge in [-0.05, 0) is 19.5 Å². The summed E-state index contributed by atoms with van der Waals surface area (Å²) in [7, 11) is 0. The van der Waals surface area contributed by atoms with Crippen LogP contribution in [-0.2, 0) is 0 Å². The van der Waals surface area contributed by atoms with Gasteiger partial charge < -0.3 is 15.8 Å². The van der Waals surface area contributed by atoms with Crippen LogP contribution in [0, 0.1) is 0 Å². The summed E-state index contributed by atoms with van der Waals surface area (Å²) in [6.07, 6.45) is 4.41. The van der Waals surface area contributed by atoms with Crippen molar-refractivity contribution in [3.8, 4) is 0 Å². The first-order chi connectivity index (χ1) is 6.74. The van der Waals surface area contributed by atoms with Gasteiger partial charge in [0, 0.05) is 13.0 Å². The van der Waals surface area contributed by atoms with Crippen LogP contribution >= 0.6 is 0 Å². The van der Waals surface area contributed by atoms with Gasteiger partial charge in [-0.1, -0.05) is 31.8 Å². The van der Waals surface area contributed by atoms with E-state index in [-0.39, 0.29) is 0 Å². The van der Waals surface area contributed by atoms with Crippen LogP contribution in [0.5, 0.6) is 0 Å². The Morgan fingerprint density at radius 2 is 2.00 bits per heavy atom. The highest BCUT2D eigenvalue weighted by molar-refractivity contribution is 5.79. The van der Waals surface area contributed by atoms with Crippen molar-refractivity contribution in [2.75, 3.05) is 19.6 Å². The van der Waals surface area contributed by atoms with Crippen molar-refractivity contribution in [2.24, 2.45) is 10.9 Å². The molecule has 0 saturated heterocycles. The number of nitrogens with two attached hydrogens (primary N) is 1. The van der Waals surface area contributed by atoms with Crippen molar-refractivity contribution in [3.63, 3.8) is 0 Å². The molecule has 0 bridgehead atoms. The van der Waals surface area contributed by atoms with Gasteiger partial charge in [0.05, 0.1) is 0 Å². The van der Waals surface area contributed by atoms with Crippen molar-refractivity contribution in [1.82, 2.24) is 4.90 Å². The molecule has 84 valence electrons. The molecule has 0 radical (unpaired) electrons. The molecule has 0 saturated carbocycles. The molecule has 0 aromatic heterocycles. The van der Waals surface area contributed by atoms with E-state index in [1.807, 2.05) is 0 Å². The van der Waals surface area contributed by atoms with Crippen LogP contribution < -0.4 is 5.73 Å². The lowest BCUT2D eigenvalue weighted by Crippen LogP contribution is -2.29. The Bertz CT molecular complexity index is 159. The number of hydrogen-bond acceptors (Lipinski definition) is 3. The maximum atomic E-state index is 8.38. The molecule has 0 atom stereocenters. The molecule has 4 heteroatoms. The summed E-state index contributed by atoms with van der Waals surface area (Å²) in [4.78, 5) is 2.33. The maximum absolute atomic E-state index is 8.38. The molecule has 0 fully saturated rings. The minimum absolute atomic E-state index is 0.318. The van der Waals surface area contributed by atoms with E-state index in [2.05, 4.69) is 23.9 Å². The molecule has 3 N–H and O–H groups in total. The van der Waals surface area contributed by atoms with Gasteiger partial charge in [0.25, 0.3) is 0 Å². The number of unbranched alkanes of at least 4 members (excludes halogenated alkanes) is 2. The lowest BCUT2D eigenvalue weighted by Gasteiger charge is -2.19. The number of amidine groups is 1. The van der Waals surface area contributed by atoms with E-state index in [0.29, 0.717) is 12.3 Å². The Balaban J connectivity index is 3.57. The Labute approximate surface area is 86.8 Å². The summed E-state index contributed by atoms with van der Waals surface area (Å²) in [5.41, 5.74) is 5.40. The minimum atomic E-state index is 0.318. The second-order valence-electron chi connectivity index (χ2n) is 3.48. The molecule has 0 spiro atoms. The molecule has 0 aliphatic rings. The first-order valence-corrected chi connectivity index (χ1v) is 5.43. The number of hydrogen-bond donors (Lipinski definition) is 2. The molecule has 0 aromatic rings. The molecule has 14 heavy (non-hydrogen) atoms. The third-order valence-electron chi connectivity index (χ3n) is 2.34. The number of rotatable bonds is 8.